The van der Waals surface area contributed by atoms with Crippen LogP contribution in [-0.4, -0.2) is 5.97 Å². The van der Waals surface area contributed by atoms with Crippen LogP contribution >= 0.6 is 0 Å². The van der Waals surface area contributed by atoms with Gasteiger partial charge in [0.2, 0.25) is 0 Å². The molecule has 0 amide bonds. The summed E-state index contributed by atoms with van der Waals surface area (Å²) < 4.78 is 4.61. The Morgan fingerprint density at radius 1 is 1.33 bits per heavy atom. The number of allylic oxidation sites excluding steroid dienone is 1. The molecular formula is C10H16O2. The lowest BCUT2D eigenvalue weighted by atomic mass is 9.88. The molecule has 0 heterocycles. The van der Waals surface area contributed by atoms with Gasteiger partial charge in [-0.05, 0) is 17.9 Å². The number of carbonyl (C=O) groups excluding carboxylic acids is 1. The first kappa shape index (κ1) is 11.0. The molecule has 12 heavy (non-hydrogen) atoms. The second kappa shape index (κ2) is 4.13. The van der Waals surface area contributed by atoms with Crippen LogP contribution in [0, 0.1) is 5.41 Å². The van der Waals surface area contributed by atoms with Crippen molar-refractivity contribution in [3.63, 3.8) is 0 Å². The molecular weight excluding hydrogens is 152 g/mol. The fourth-order valence-corrected chi connectivity index (χ4v) is 0.417. The van der Waals surface area contributed by atoms with E-state index in [1.165, 1.54) is 13.2 Å². The van der Waals surface area contributed by atoms with Gasteiger partial charge in [-0.2, -0.15) is 0 Å². The molecule has 0 rings (SSSR count). The molecule has 0 aliphatic heterocycles. The molecule has 0 aromatic rings. The lowest BCUT2D eigenvalue weighted by Gasteiger charge is -2.16. The monoisotopic (exact) mass is 168 g/mol. The molecule has 2 nitrogen and oxygen atoms in total. The highest BCUT2D eigenvalue weighted by molar-refractivity contribution is 5.66. The van der Waals surface area contributed by atoms with E-state index in [1.54, 1.807) is 0 Å². The second-order valence-corrected chi connectivity index (χ2v) is 3.75. The maximum absolute atomic E-state index is 10.4. The summed E-state index contributed by atoms with van der Waals surface area (Å²) in [4.78, 5) is 10.4. The maximum Gasteiger partial charge on any atom is 0.308 e. The molecule has 2 heteroatoms. The van der Waals surface area contributed by atoms with Gasteiger partial charge in [0.1, 0.15) is 6.26 Å². The first-order chi connectivity index (χ1) is 5.34. The zero-order valence-electron chi connectivity index (χ0n) is 8.39. The first-order valence-corrected chi connectivity index (χ1v) is 3.93. The number of hydrogen-bond acceptors (Lipinski definition) is 2. The topological polar surface area (TPSA) is 26.3 Å². The van der Waals surface area contributed by atoms with E-state index in [0.29, 0.717) is 0 Å². The van der Waals surface area contributed by atoms with Crippen molar-refractivity contribution < 1.29 is 9.53 Å². The molecule has 0 atom stereocenters. The molecule has 0 bridgehead atoms. The Labute approximate surface area is 73.9 Å². The third-order valence-electron chi connectivity index (χ3n) is 1.63. The third kappa shape index (κ3) is 4.75. The van der Waals surface area contributed by atoms with E-state index in [1.807, 2.05) is 6.92 Å². The first-order valence-electron chi connectivity index (χ1n) is 3.93. The smallest absolute Gasteiger partial charge is 0.308 e. The van der Waals surface area contributed by atoms with Crippen molar-refractivity contribution in [3.05, 3.63) is 17.6 Å². The Bertz CT molecular complexity index is 225. The van der Waals surface area contributed by atoms with Gasteiger partial charge in [0.25, 0.3) is 0 Å². The molecule has 0 aliphatic rings. The fourth-order valence-electron chi connectivity index (χ4n) is 0.417. The predicted octanol–water partition coefficient (Wildman–Crippen LogP) is 2.65. The SMILES string of the molecule is CC(=O)OC=C=C(C)C(C)(C)C. The highest BCUT2D eigenvalue weighted by atomic mass is 16.5. The number of esters is 1. The number of carbonyl (C=O) groups is 1. The van der Waals surface area contributed by atoms with Gasteiger partial charge in [-0.15, -0.1) is 0 Å². The van der Waals surface area contributed by atoms with E-state index in [2.05, 4.69) is 31.2 Å². The molecule has 0 spiro atoms. The number of hydrogen-bond donors (Lipinski definition) is 0. The van der Waals surface area contributed by atoms with Gasteiger partial charge in [-0.3, -0.25) is 4.79 Å². The van der Waals surface area contributed by atoms with Gasteiger partial charge in [-0.25, -0.2) is 0 Å². The molecule has 0 saturated heterocycles. The molecule has 0 aromatic carbocycles. The van der Waals surface area contributed by atoms with Gasteiger partial charge >= 0.3 is 5.97 Å². The van der Waals surface area contributed by atoms with Crippen LogP contribution < -0.4 is 0 Å². The number of rotatable bonds is 1. The van der Waals surface area contributed by atoms with Crippen LogP contribution in [0.1, 0.15) is 34.6 Å². The Balaban J connectivity index is 4.35. The van der Waals surface area contributed by atoms with E-state index < -0.39 is 0 Å². The van der Waals surface area contributed by atoms with E-state index in [0.717, 1.165) is 5.57 Å². The van der Waals surface area contributed by atoms with E-state index in [4.69, 9.17) is 0 Å². The van der Waals surface area contributed by atoms with Crippen molar-refractivity contribution in [2.45, 2.75) is 34.6 Å². The van der Waals surface area contributed by atoms with Gasteiger partial charge in [0.15, 0.2) is 0 Å². The third-order valence-corrected chi connectivity index (χ3v) is 1.63. The summed E-state index contributed by atoms with van der Waals surface area (Å²) in [7, 11) is 0. The van der Waals surface area contributed by atoms with Crippen LogP contribution in [0.25, 0.3) is 0 Å². The van der Waals surface area contributed by atoms with Crippen LogP contribution in [0.15, 0.2) is 17.6 Å². The fraction of sp³-hybridized carbons (Fsp3) is 0.600. The van der Waals surface area contributed by atoms with Crippen LogP contribution in [0.5, 0.6) is 0 Å². The average molecular weight is 168 g/mol. The highest BCUT2D eigenvalue weighted by Gasteiger charge is 2.11. The van der Waals surface area contributed by atoms with E-state index >= 15 is 0 Å². The van der Waals surface area contributed by atoms with Crippen molar-refractivity contribution in [1.29, 1.82) is 0 Å². The van der Waals surface area contributed by atoms with Crippen molar-refractivity contribution in [2.24, 2.45) is 5.41 Å². The largest absolute Gasteiger partial charge is 0.426 e. The molecule has 0 aliphatic carbocycles. The lowest BCUT2D eigenvalue weighted by molar-refractivity contribution is -0.135. The molecule has 0 radical (unpaired) electrons. The minimum atomic E-state index is -0.316. The zero-order valence-corrected chi connectivity index (χ0v) is 8.39. The number of ether oxygens (including phenoxy) is 1. The van der Waals surface area contributed by atoms with Crippen LogP contribution in [0.2, 0.25) is 0 Å². The predicted molar refractivity (Wildman–Crippen MR) is 48.5 cm³/mol. The molecule has 0 aromatic heterocycles. The van der Waals surface area contributed by atoms with Crippen LogP contribution in [0.4, 0.5) is 0 Å². The summed E-state index contributed by atoms with van der Waals surface area (Å²) >= 11 is 0. The molecule has 68 valence electrons. The van der Waals surface area contributed by atoms with Gasteiger partial charge in [0.05, 0.1) is 0 Å². The Morgan fingerprint density at radius 2 is 1.83 bits per heavy atom. The summed E-state index contributed by atoms with van der Waals surface area (Å²) in [6.45, 7) is 9.56. The average Bonchev–Trinajstić information content (AvgIpc) is 1.84. The Kier molecular flexibility index (Phi) is 3.78. The van der Waals surface area contributed by atoms with Crippen LogP contribution in [-0.2, 0) is 9.53 Å². The summed E-state index contributed by atoms with van der Waals surface area (Å²) in [5.41, 5.74) is 4.04. The molecule has 0 N–H and O–H groups in total. The van der Waals surface area contributed by atoms with Gasteiger partial charge in [-0.1, -0.05) is 26.5 Å². The summed E-state index contributed by atoms with van der Waals surface area (Å²) in [5, 5.41) is 0. The molecule has 0 fully saturated rings. The molecule has 0 unspecified atom stereocenters. The van der Waals surface area contributed by atoms with Gasteiger partial charge in [0, 0.05) is 6.92 Å². The van der Waals surface area contributed by atoms with E-state index in [9.17, 15) is 4.79 Å². The van der Waals surface area contributed by atoms with Crippen molar-refractivity contribution in [1.82, 2.24) is 0 Å². The van der Waals surface area contributed by atoms with Crippen molar-refractivity contribution >= 4 is 5.97 Å². The summed E-state index contributed by atoms with van der Waals surface area (Å²) in [6.07, 6.45) is 1.31. The van der Waals surface area contributed by atoms with Crippen LogP contribution in [0.3, 0.4) is 0 Å². The molecule has 0 saturated carbocycles. The quantitative estimate of drug-likeness (QED) is 0.342. The Morgan fingerprint density at radius 3 is 2.17 bits per heavy atom. The zero-order chi connectivity index (χ0) is 9.78. The highest BCUT2D eigenvalue weighted by Crippen LogP contribution is 2.22. The van der Waals surface area contributed by atoms with E-state index in [-0.39, 0.29) is 11.4 Å². The minimum Gasteiger partial charge on any atom is -0.426 e. The van der Waals surface area contributed by atoms with Crippen molar-refractivity contribution in [2.75, 3.05) is 0 Å². The minimum absolute atomic E-state index is 0.0800. The Hall–Kier alpha value is -1.01. The summed E-state index contributed by atoms with van der Waals surface area (Å²) in [5.74, 6) is -0.316. The van der Waals surface area contributed by atoms with Gasteiger partial charge < -0.3 is 4.74 Å². The standard InChI is InChI=1S/C10H16O2/c1-8(10(3,4)5)6-7-12-9(2)11/h7H,1-5H3. The summed E-state index contributed by atoms with van der Waals surface area (Å²) in [6, 6.07) is 0. The maximum atomic E-state index is 10.4. The normalized spacial score (nSPS) is 10.1. The lowest BCUT2D eigenvalue weighted by Crippen LogP contribution is -2.05. The second-order valence-electron chi connectivity index (χ2n) is 3.75. The van der Waals surface area contributed by atoms with Crippen molar-refractivity contribution in [3.8, 4) is 0 Å².